The number of esters is 2. The average Bonchev–Trinajstić information content (AvgIpc) is 0.747. The molecule has 0 spiro atoms. The number of benzene rings is 6. The highest BCUT2D eigenvalue weighted by Gasteiger charge is 2.50. The zero-order valence-corrected chi connectivity index (χ0v) is 65.7. The minimum absolute atomic E-state index is 0.217. The van der Waals surface area contributed by atoms with E-state index in [1.54, 1.807) is 0 Å². The molecule has 0 amide bonds. The quantitative estimate of drug-likeness (QED) is 0.0267. The molecule has 0 atom stereocenters. The lowest BCUT2D eigenvalue weighted by Gasteiger charge is -2.47. The molecule has 0 bridgehead atoms. The first-order valence-electron chi connectivity index (χ1n) is 35.5. The maximum atomic E-state index is 14.3. The number of hydrogen-bond donors (Lipinski definition) is 2. The van der Waals surface area contributed by atoms with E-state index in [4.69, 9.17) is 9.47 Å². The fourth-order valence-corrected chi connectivity index (χ4v) is 46.4. The van der Waals surface area contributed by atoms with Crippen LogP contribution in [0.3, 0.4) is 0 Å². The molecule has 0 radical (unpaired) electrons. The van der Waals surface area contributed by atoms with Gasteiger partial charge in [0.25, 0.3) is 0 Å². The third-order valence-electron chi connectivity index (χ3n) is 22.4. The Labute approximate surface area is 564 Å². The Balaban J connectivity index is 0.988. The fraction of sp³-hybridized carbons (Fsp3) is 0.512. The van der Waals surface area contributed by atoms with E-state index in [1.165, 1.54) is 43.0 Å². The lowest BCUT2D eigenvalue weighted by molar-refractivity contribution is -0.686. The van der Waals surface area contributed by atoms with Crippen LogP contribution in [0.5, 0.6) is 0 Å². The van der Waals surface area contributed by atoms with E-state index in [-0.39, 0.29) is 25.2 Å². The lowest BCUT2D eigenvalue weighted by atomic mass is 10.1. The summed E-state index contributed by atoms with van der Waals surface area (Å²) in [5, 5.41) is 10.4. The van der Waals surface area contributed by atoms with Gasteiger partial charge in [0.15, 0.2) is 0 Å². The van der Waals surface area contributed by atoms with Crippen LogP contribution in [0, 0.1) is 11.8 Å². The van der Waals surface area contributed by atoms with Crippen LogP contribution in [0.1, 0.15) is 231 Å². The lowest BCUT2D eigenvalue weighted by Crippen LogP contribution is -2.80. The van der Waals surface area contributed by atoms with Crippen molar-refractivity contribution in [3.8, 4) is 11.8 Å². The zero-order valence-electron chi connectivity index (χ0n) is 61.7. The largest absolute Gasteiger partial charge is 0.457 e. The molecule has 0 aliphatic heterocycles. The van der Waals surface area contributed by atoms with Gasteiger partial charge in [0.2, 0.25) is 0 Å². The van der Waals surface area contributed by atoms with Crippen molar-refractivity contribution >= 4 is 65.0 Å². The van der Waals surface area contributed by atoms with Crippen LogP contribution in [-0.2, 0) is 48.9 Å². The fourth-order valence-electron chi connectivity index (χ4n) is 18.9. The minimum atomic E-state index is -2.07. The van der Waals surface area contributed by atoms with Crippen LogP contribution >= 0.6 is 0 Å². The number of quaternary nitrogens is 2. The minimum Gasteiger partial charge on any atom is -0.457 e. The number of carbonyl (C=O) groups excluding carboxylic acids is 2. The van der Waals surface area contributed by atoms with Gasteiger partial charge in [-0.3, -0.25) is 0 Å². The Kier molecular flexibility index (Phi) is 27.0. The van der Waals surface area contributed by atoms with Crippen LogP contribution in [-0.4, -0.2) is 44.2 Å². The molecule has 6 nitrogen and oxygen atoms in total. The molecule has 0 aliphatic carbocycles. The monoisotopic (exact) mass is 1310 g/mol. The Hall–Kier alpha value is -5.39. The van der Waals surface area contributed by atoms with Crippen molar-refractivity contribution in [2.75, 3.05) is 0 Å². The van der Waals surface area contributed by atoms with Gasteiger partial charge in [0.05, 0.1) is 43.4 Å². The maximum Gasteiger partial charge on any atom is 0.338 e. The third-order valence-corrected chi connectivity index (χ3v) is 50.4. The number of ether oxygens (including phenoxy) is 2. The van der Waals surface area contributed by atoms with Gasteiger partial charge in [-0.15, -0.1) is 0 Å². The molecular weight excluding hydrogens is 1190 g/mol. The van der Waals surface area contributed by atoms with E-state index in [0.29, 0.717) is 66.5 Å². The summed E-state index contributed by atoms with van der Waals surface area (Å²) in [5.41, 5.74) is 16.8. The molecule has 0 unspecified atom stereocenters. The second-order valence-corrected chi connectivity index (χ2v) is 54.6. The van der Waals surface area contributed by atoms with E-state index < -0.39 is 32.3 Å². The highest BCUT2D eigenvalue weighted by Crippen LogP contribution is 2.46. The molecule has 0 saturated carbocycles. The van der Waals surface area contributed by atoms with Gasteiger partial charge in [-0.2, -0.15) is 0 Å². The molecule has 0 aliphatic rings. The Morgan fingerprint density at radius 2 is 0.478 bits per heavy atom. The first kappa shape index (κ1) is 75.6. The summed E-state index contributed by atoms with van der Waals surface area (Å²) >= 11 is 0. The molecule has 92 heavy (non-hydrogen) atoms. The summed E-state index contributed by atoms with van der Waals surface area (Å²) < 4.78 is 12.4. The zero-order chi connectivity index (χ0) is 68.2. The topological polar surface area (TPSA) is 85.8 Å². The van der Waals surface area contributed by atoms with Crippen molar-refractivity contribution in [2.24, 2.45) is 0 Å². The van der Waals surface area contributed by atoms with Gasteiger partial charge in [0, 0.05) is 33.4 Å². The number of carbonyl (C=O) groups is 2. The maximum absolute atomic E-state index is 14.3. The van der Waals surface area contributed by atoms with Crippen LogP contribution in [0.15, 0.2) is 133 Å². The molecule has 0 heterocycles. The average molecular weight is 1310 g/mol. The Bertz CT molecular complexity index is 2990. The van der Waals surface area contributed by atoms with Gasteiger partial charge in [-0.1, -0.05) is 284 Å². The highest BCUT2D eigenvalue weighted by atomic mass is 28.3. The molecule has 6 aromatic carbocycles. The van der Waals surface area contributed by atoms with E-state index in [0.717, 1.165) is 59.6 Å². The van der Waals surface area contributed by atoms with Crippen molar-refractivity contribution in [1.82, 2.24) is 0 Å². The number of nitrogens with two attached hydrogens (primary N) is 2. The predicted molar refractivity (Wildman–Crippen MR) is 404 cm³/mol. The van der Waals surface area contributed by atoms with Gasteiger partial charge in [0.1, 0.15) is 39.4 Å². The van der Waals surface area contributed by atoms with Crippen molar-refractivity contribution in [2.45, 2.75) is 272 Å². The number of rotatable bonds is 30. The molecular formula is C82H122N2O4Si4+2. The molecule has 6 aromatic rings. The van der Waals surface area contributed by atoms with Crippen molar-refractivity contribution in [3.05, 3.63) is 189 Å². The predicted octanol–water partition coefficient (Wildman–Crippen LogP) is 17.9. The second kappa shape index (κ2) is 32.8. The summed E-state index contributed by atoms with van der Waals surface area (Å²) in [6.45, 7) is 61.9. The normalized spacial score (nSPS) is 12.8. The van der Waals surface area contributed by atoms with Crippen LogP contribution < -0.4 is 31.4 Å². The Morgan fingerprint density at radius 3 is 0.674 bits per heavy atom. The van der Waals surface area contributed by atoms with Crippen LogP contribution in [0.25, 0.3) is 0 Å². The molecule has 6 rings (SSSR count). The second-order valence-electron chi connectivity index (χ2n) is 31.0. The molecule has 4 N–H and O–H groups in total. The SMILES string of the molecule is CC(C)[Si](c1cc(C(=O)OCc2ccc(C[NH2+]Cc3ccc(C#Cc4ccc(C[NH2+]Cc5ccc(COC(=O)c6cc([Si](C(C)C)(C(C)C)C(C)C)cc([Si](C(C)C)(C(C)C)C(C)C)c6)cc5)cc4)cc3)cc2)cc([Si](C(C)C)(C(C)C)C(C)C)c1)(C(C)C)C(C)C. The molecule has 0 fully saturated rings. The van der Waals surface area contributed by atoms with Crippen molar-refractivity contribution in [1.29, 1.82) is 0 Å². The van der Waals surface area contributed by atoms with Crippen molar-refractivity contribution < 1.29 is 29.7 Å². The summed E-state index contributed by atoms with van der Waals surface area (Å²) in [4.78, 5) is 28.5. The van der Waals surface area contributed by atoms with Gasteiger partial charge in [-0.25, -0.2) is 9.59 Å². The molecule has 498 valence electrons. The van der Waals surface area contributed by atoms with Gasteiger partial charge >= 0.3 is 11.9 Å². The van der Waals surface area contributed by atoms with Gasteiger partial charge < -0.3 is 20.1 Å². The summed E-state index contributed by atoms with van der Waals surface area (Å²) in [6, 6.07) is 48.4. The van der Waals surface area contributed by atoms with E-state index >= 15 is 0 Å². The number of hydrogen-bond acceptors (Lipinski definition) is 4. The third kappa shape index (κ3) is 16.5. The molecule has 0 aromatic heterocycles. The summed E-state index contributed by atoms with van der Waals surface area (Å²) in [6.07, 6.45) is 0. The van der Waals surface area contributed by atoms with Crippen LogP contribution in [0.2, 0.25) is 66.5 Å². The van der Waals surface area contributed by atoms with Crippen LogP contribution in [0.4, 0.5) is 0 Å². The van der Waals surface area contributed by atoms with Crippen molar-refractivity contribution in [3.63, 3.8) is 0 Å². The standard InChI is InChI=1S/C82H120N2O4Si4/c1-55(2)89(56(3)4,57(5)6)77-43-75(44-78(47-77)90(58(7)8,59(9)10)60(11)12)81(85)87-53-73-39-35-71(36-40-73)51-83-49-69-31-27-67(28-32-69)25-26-68-29-33-70(34-30-68)50-84-52-72-37-41-74(42-38-72)54-88-82(86)76-45-79(91(61(13)14,62(15)16)63(17)18)48-80(46-76)92(64(19)20,65(21)22)66(23)24/h27-48,55-66,83-84H,49-54H2,1-24H3/p+2. The highest BCUT2D eigenvalue weighted by molar-refractivity contribution is 6.99. The van der Waals surface area contributed by atoms with Gasteiger partial charge in [-0.05, 0) is 126 Å². The smallest absolute Gasteiger partial charge is 0.338 e. The summed E-state index contributed by atoms with van der Waals surface area (Å²) in [7, 11) is -8.29. The van der Waals surface area contributed by atoms with E-state index in [9.17, 15) is 9.59 Å². The molecule has 10 heteroatoms. The van der Waals surface area contributed by atoms with E-state index in [1.807, 2.05) is 0 Å². The molecule has 0 saturated heterocycles. The summed E-state index contributed by atoms with van der Waals surface area (Å²) in [5.74, 6) is 6.30. The van der Waals surface area contributed by atoms with E-state index in [2.05, 4.69) is 322 Å². The first-order valence-corrected chi connectivity index (χ1v) is 44.4. The Morgan fingerprint density at radius 1 is 0.293 bits per heavy atom. The first-order chi connectivity index (χ1) is 43.3.